The molecule has 0 aliphatic carbocycles. The number of hydrogen-bond acceptors (Lipinski definition) is 6. The Hall–Kier alpha value is -2.20. The van der Waals surface area contributed by atoms with E-state index in [9.17, 15) is 19.2 Å². The van der Waals surface area contributed by atoms with Crippen molar-refractivity contribution in [2.24, 2.45) is 0 Å². The second kappa shape index (κ2) is 15.3. The maximum absolute atomic E-state index is 11.4. The Balaban J connectivity index is 3.43. The molecular formula is C15H27N3O7. The number of hydrogen-bond donors (Lipinski definition) is 4. The van der Waals surface area contributed by atoms with Crippen molar-refractivity contribution in [1.82, 2.24) is 16.0 Å². The van der Waals surface area contributed by atoms with Crippen LogP contribution in [0.2, 0.25) is 0 Å². The van der Waals surface area contributed by atoms with Gasteiger partial charge in [0.1, 0.15) is 19.6 Å². The fourth-order valence-electron chi connectivity index (χ4n) is 1.56. The molecule has 0 aromatic rings. The lowest BCUT2D eigenvalue weighted by Gasteiger charge is -2.08. The van der Waals surface area contributed by atoms with Crippen LogP contribution in [0, 0.1) is 0 Å². The van der Waals surface area contributed by atoms with E-state index >= 15 is 0 Å². The average Bonchev–Trinajstić information content (AvgIpc) is 2.53. The SMILES string of the molecule is CCCCNC(=O)COCCNC(=O)COCCNC(=O)CC(=O)O. The van der Waals surface area contributed by atoms with Crippen molar-refractivity contribution < 1.29 is 33.8 Å². The lowest BCUT2D eigenvalue weighted by Crippen LogP contribution is -2.34. The first kappa shape index (κ1) is 22.8. The van der Waals surface area contributed by atoms with Gasteiger partial charge in [-0.15, -0.1) is 0 Å². The smallest absolute Gasteiger partial charge is 0.312 e. The van der Waals surface area contributed by atoms with Gasteiger partial charge in [-0.1, -0.05) is 13.3 Å². The van der Waals surface area contributed by atoms with Gasteiger partial charge in [0.05, 0.1) is 13.2 Å². The van der Waals surface area contributed by atoms with E-state index in [1.807, 2.05) is 6.92 Å². The van der Waals surface area contributed by atoms with Gasteiger partial charge in [0.25, 0.3) is 0 Å². The summed E-state index contributed by atoms with van der Waals surface area (Å²) in [5, 5.41) is 16.0. The van der Waals surface area contributed by atoms with E-state index in [1.165, 1.54) is 0 Å². The van der Waals surface area contributed by atoms with Crippen LogP contribution in [-0.4, -0.2) is 74.9 Å². The van der Waals surface area contributed by atoms with Crippen LogP contribution in [0.15, 0.2) is 0 Å². The largest absolute Gasteiger partial charge is 0.481 e. The van der Waals surface area contributed by atoms with E-state index in [1.54, 1.807) is 0 Å². The predicted molar refractivity (Wildman–Crippen MR) is 87.8 cm³/mol. The number of amides is 3. The van der Waals surface area contributed by atoms with Crippen molar-refractivity contribution >= 4 is 23.7 Å². The molecule has 3 amide bonds. The van der Waals surface area contributed by atoms with E-state index in [0.717, 1.165) is 12.8 Å². The molecule has 0 fully saturated rings. The summed E-state index contributed by atoms with van der Waals surface area (Å²) in [6.07, 6.45) is 1.33. The Morgan fingerprint density at radius 1 is 0.800 bits per heavy atom. The molecule has 0 radical (unpaired) electrons. The van der Waals surface area contributed by atoms with Crippen LogP contribution in [0.4, 0.5) is 0 Å². The molecule has 0 bridgehead atoms. The van der Waals surface area contributed by atoms with E-state index in [4.69, 9.17) is 14.6 Å². The maximum atomic E-state index is 11.4. The summed E-state index contributed by atoms with van der Waals surface area (Å²) in [5.41, 5.74) is 0. The van der Waals surface area contributed by atoms with Gasteiger partial charge in [0.15, 0.2) is 0 Å². The molecule has 0 aliphatic heterocycles. The molecule has 10 nitrogen and oxygen atoms in total. The molecule has 0 saturated heterocycles. The molecule has 0 rings (SSSR count). The van der Waals surface area contributed by atoms with Gasteiger partial charge in [0, 0.05) is 19.6 Å². The van der Waals surface area contributed by atoms with Crippen molar-refractivity contribution in [3.8, 4) is 0 Å². The summed E-state index contributed by atoms with van der Waals surface area (Å²) in [6.45, 7) is 3.09. The van der Waals surface area contributed by atoms with Gasteiger partial charge in [-0.2, -0.15) is 0 Å². The van der Waals surface area contributed by atoms with Crippen LogP contribution in [-0.2, 0) is 28.7 Å². The summed E-state index contributed by atoms with van der Waals surface area (Å²) >= 11 is 0. The van der Waals surface area contributed by atoms with Crippen LogP contribution >= 0.6 is 0 Å². The highest BCUT2D eigenvalue weighted by Gasteiger charge is 2.06. The summed E-state index contributed by atoms with van der Waals surface area (Å²) in [5.74, 6) is -2.36. The molecular weight excluding hydrogens is 334 g/mol. The first-order valence-electron chi connectivity index (χ1n) is 8.13. The summed E-state index contributed by atoms with van der Waals surface area (Å²) < 4.78 is 10.1. The Kier molecular flexibility index (Phi) is 14.0. The number of aliphatic carboxylic acids is 1. The van der Waals surface area contributed by atoms with Gasteiger partial charge >= 0.3 is 5.97 Å². The predicted octanol–water partition coefficient (Wildman–Crippen LogP) is -1.36. The Morgan fingerprint density at radius 3 is 1.76 bits per heavy atom. The minimum absolute atomic E-state index is 0.0495. The number of carbonyl (C=O) groups excluding carboxylic acids is 3. The highest BCUT2D eigenvalue weighted by Crippen LogP contribution is 1.83. The number of unbranched alkanes of at least 4 members (excludes halogenated alkanes) is 1. The monoisotopic (exact) mass is 361 g/mol. The molecule has 0 aromatic heterocycles. The van der Waals surface area contributed by atoms with Crippen molar-refractivity contribution in [3.05, 3.63) is 0 Å². The van der Waals surface area contributed by atoms with Crippen LogP contribution in [0.3, 0.4) is 0 Å². The summed E-state index contributed by atoms with van der Waals surface area (Å²) in [6, 6.07) is 0. The molecule has 0 aliphatic rings. The first-order chi connectivity index (χ1) is 12.0. The molecule has 0 saturated carbocycles. The highest BCUT2D eigenvalue weighted by molar-refractivity contribution is 5.93. The minimum Gasteiger partial charge on any atom is -0.481 e. The van der Waals surface area contributed by atoms with Gasteiger partial charge in [-0.3, -0.25) is 19.2 Å². The molecule has 0 spiro atoms. The van der Waals surface area contributed by atoms with E-state index < -0.39 is 18.3 Å². The number of ether oxygens (including phenoxy) is 2. The topological polar surface area (TPSA) is 143 Å². The zero-order valence-electron chi connectivity index (χ0n) is 14.5. The van der Waals surface area contributed by atoms with Crippen molar-refractivity contribution in [2.45, 2.75) is 26.2 Å². The molecule has 0 aromatic carbocycles. The number of carboxylic acids is 1. The molecule has 10 heteroatoms. The highest BCUT2D eigenvalue weighted by atomic mass is 16.5. The third kappa shape index (κ3) is 16.4. The van der Waals surface area contributed by atoms with E-state index in [0.29, 0.717) is 6.54 Å². The zero-order chi connectivity index (χ0) is 18.9. The third-order valence-electron chi connectivity index (χ3n) is 2.77. The van der Waals surface area contributed by atoms with Crippen LogP contribution in [0.1, 0.15) is 26.2 Å². The molecule has 25 heavy (non-hydrogen) atoms. The molecule has 0 unspecified atom stereocenters. The van der Waals surface area contributed by atoms with Crippen LogP contribution in [0.25, 0.3) is 0 Å². The second-order valence-electron chi connectivity index (χ2n) is 5.08. The van der Waals surface area contributed by atoms with Crippen molar-refractivity contribution in [2.75, 3.05) is 46.1 Å². The molecule has 144 valence electrons. The Bertz CT molecular complexity index is 429. The van der Waals surface area contributed by atoms with Crippen LogP contribution < -0.4 is 16.0 Å². The summed E-state index contributed by atoms with van der Waals surface area (Å²) in [7, 11) is 0. The van der Waals surface area contributed by atoms with Crippen LogP contribution in [0.5, 0.6) is 0 Å². The Labute approximate surface area is 146 Å². The van der Waals surface area contributed by atoms with Gasteiger partial charge < -0.3 is 30.5 Å². The van der Waals surface area contributed by atoms with Gasteiger partial charge in [-0.25, -0.2) is 0 Å². The normalized spacial score (nSPS) is 10.1. The number of nitrogens with one attached hydrogen (secondary N) is 3. The third-order valence-corrected chi connectivity index (χ3v) is 2.77. The Morgan fingerprint density at radius 2 is 1.28 bits per heavy atom. The lowest BCUT2D eigenvalue weighted by molar-refractivity contribution is -0.140. The second-order valence-corrected chi connectivity index (χ2v) is 5.08. The summed E-state index contributed by atoms with van der Waals surface area (Å²) in [4.78, 5) is 44.0. The standard InChI is InChI=1S/C15H27N3O7/c1-2-3-4-16-13(20)10-25-8-6-18-14(21)11-24-7-5-17-12(19)9-15(22)23/h2-11H2,1H3,(H,16,20)(H,17,19)(H,18,21)(H,22,23). The number of rotatable bonds is 15. The van der Waals surface area contributed by atoms with E-state index in [2.05, 4.69) is 16.0 Å². The molecule has 0 atom stereocenters. The quantitative estimate of drug-likeness (QED) is 0.208. The first-order valence-corrected chi connectivity index (χ1v) is 8.13. The van der Waals surface area contributed by atoms with E-state index in [-0.39, 0.29) is 51.3 Å². The maximum Gasteiger partial charge on any atom is 0.312 e. The lowest BCUT2D eigenvalue weighted by atomic mass is 10.3. The zero-order valence-corrected chi connectivity index (χ0v) is 14.5. The van der Waals surface area contributed by atoms with Gasteiger partial charge in [0.2, 0.25) is 17.7 Å². The van der Waals surface area contributed by atoms with Gasteiger partial charge in [-0.05, 0) is 6.42 Å². The molecule has 4 N–H and O–H groups in total. The average molecular weight is 361 g/mol. The van der Waals surface area contributed by atoms with Crippen molar-refractivity contribution in [3.63, 3.8) is 0 Å². The minimum atomic E-state index is -1.21. The number of carbonyl (C=O) groups is 4. The fraction of sp³-hybridized carbons (Fsp3) is 0.733. The molecule has 0 heterocycles. The van der Waals surface area contributed by atoms with Crippen molar-refractivity contribution in [1.29, 1.82) is 0 Å². The number of carboxylic acid groups (broad SMARTS) is 1. The fourth-order valence-corrected chi connectivity index (χ4v) is 1.56.